The Balaban J connectivity index is 1.52. The van der Waals surface area contributed by atoms with E-state index in [1.807, 2.05) is 109 Å². The van der Waals surface area contributed by atoms with Gasteiger partial charge in [-0.25, -0.2) is 9.59 Å². The van der Waals surface area contributed by atoms with Crippen molar-refractivity contribution in [2.75, 3.05) is 19.5 Å². The van der Waals surface area contributed by atoms with Crippen LogP contribution in [0, 0.1) is 0 Å². The second kappa shape index (κ2) is 12.9. The van der Waals surface area contributed by atoms with Crippen molar-refractivity contribution in [3.63, 3.8) is 0 Å². The smallest absolute Gasteiger partial charge is 0.411 e. The third-order valence-corrected chi connectivity index (χ3v) is 8.90. The van der Waals surface area contributed by atoms with Gasteiger partial charge in [0.05, 0.1) is 7.11 Å². The number of thiol groups is 1. The van der Waals surface area contributed by atoms with E-state index in [0.29, 0.717) is 22.4 Å². The van der Waals surface area contributed by atoms with Gasteiger partial charge in [-0.05, 0) is 51.1 Å². The van der Waals surface area contributed by atoms with Crippen molar-refractivity contribution in [1.29, 1.82) is 0 Å². The van der Waals surface area contributed by atoms with E-state index in [0.717, 1.165) is 22.3 Å². The molecule has 226 valence electrons. The first-order chi connectivity index (χ1) is 22.0. The summed E-state index contributed by atoms with van der Waals surface area (Å²) in [5.74, 6) is -0.906. The van der Waals surface area contributed by atoms with Crippen LogP contribution in [0.2, 0.25) is 0 Å². The Morgan fingerprint density at radius 1 is 0.733 bits per heavy atom. The fourth-order valence-corrected chi connectivity index (χ4v) is 6.86. The first-order valence-corrected chi connectivity index (χ1v) is 15.4. The molecule has 1 amide bonds. The van der Waals surface area contributed by atoms with Gasteiger partial charge in [-0.3, -0.25) is 4.90 Å². The van der Waals surface area contributed by atoms with Gasteiger partial charge in [-0.1, -0.05) is 121 Å². The number of nitrogens with zero attached hydrogens (tertiary/aromatic N) is 1. The standard InChI is InChI=1S/C38H33NO5S/c1-43-29-22-20-28(21-23-29)38(26-12-4-2-5-13-26,27-14-6-3-7-15-27)39(35(25-45)36(40)41)37(42)44-24-34-32-18-10-8-16-30(32)31-17-9-11-19-33(31)34/h2-23,34-35,45H,24-25H2,1H3,(H,40,41)/t35-/m0/s1. The lowest BCUT2D eigenvalue weighted by Gasteiger charge is -2.47. The van der Waals surface area contributed by atoms with Crippen molar-refractivity contribution in [3.05, 3.63) is 161 Å². The Bertz CT molecular complexity index is 1710. The number of aliphatic carboxylic acids is 1. The van der Waals surface area contributed by atoms with Crippen LogP contribution in [0.15, 0.2) is 133 Å². The summed E-state index contributed by atoms with van der Waals surface area (Å²) in [5, 5.41) is 10.6. The highest BCUT2D eigenvalue weighted by molar-refractivity contribution is 7.80. The molecule has 0 aromatic heterocycles. The summed E-state index contributed by atoms with van der Waals surface area (Å²) in [7, 11) is 1.58. The monoisotopic (exact) mass is 615 g/mol. The summed E-state index contributed by atoms with van der Waals surface area (Å²) in [5.41, 5.74) is 5.00. The average Bonchev–Trinajstić information content (AvgIpc) is 3.41. The van der Waals surface area contributed by atoms with Gasteiger partial charge in [0.15, 0.2) is 0 Å². The maximum Gasteiger partial charge on any atom is 0.411 e. The predicted molar refractivity (Wildman–Crippen MR) is 178 cm³/mol. The second-order valence-electron chi connectivity index (χ2n) is 10.9. The van der Waals surface area contributed by atoms with Crippen molar-refractivity contribution >= 4 is 24.7 Å². The molecular formula is C38H33NO5S. The third-order valence-electron chi connectivity index (χ3n) is 8.55. The van der Waals surface area contributed by atoms with Crippen LogP contribution >= 0.6 is 12.6 Å². The van der Waals surface area contributed by atoms with E-state index >= 15 is 0 Å². The first kappa shape index (κ1) is 30.0. The quantitative estimate of drug-likeness (QED) is 0.125. The van der Waals surface area contributed by atoms with Gasteiger partial charge in [0.2, 0.25) is 0 Å². The minimum atomic E-state index is -1.40. The summed E-state index contributed by atoms with van der Waals surface area (Å²) in [4.78, 5) is 29.0. The molecule has 6 rings (SSSR count). The maximum absolute atomic E-state index is 14.7. The number of fused-ring (bicyclic) bond motifs is 3. The van der Waals surface area contributed by atoms with E-state index in [4.69, 9.17) is 9.47 Å². The second-order valence-corrected chi connectivity index (χ2v) is 11.2. The highest BCUT2D eigenvalue weighted by Gasteiger charge is 2.50. The Kier molecular flexibility index (Phi) is 8.62. The molecule has 0 aliphatic heterocycles. The maximum atomic E-state index is 14.7. The van der Waals surface area contributed by atoms with Gasteiger partial charge in [0, 0.05) is 11.7 Å². The molecule has 0 unspecified atom stereocenters. The summed E-state index contributed by atoms with van der Waals surface area (Å²) < 4.78 is 11.7. The number of benzene rings is 5. The van der Waals surface area contributed by atoms with Crippen LogP contribution in [-0.4, -0.2) is 47.6 Å². The molecule has 1 aliphatic rings. The molecule has 0 saturated heterocycles. The normalized spacial score (nSPS) is 12.9. The molecule has 0 bridgehead atoms. The van der Waals surface area contributed by atoms with Crippen LogP contribution in [0.4, 0.5) is 4.79 Å². The highest BCUT2D eigenvalue weighted by Crippen LogP contribution is 2.47. The number of carboxylic acids is 1. The Labute approximate surface area is 268 Å². The molecular weight excluding hydrogens is 582 g/mol. The summed E-state index contributed by atoms with van der Waals surface area (Å²) >= 11 is 4.47. The van der Waals surface area contributed by atoms with Crippen molar-refractivity contribution in [2.45, 2.75) is 17.5 Å². The molecule has 0 spiro atoms. The number of carbonyl (C=O) groups excluding carboxylic acids is 1. The van der Waals surface area contributed by atoms with Gasteiger partial charge < -0.3 is 14.6 Å². The number of hydrogen-bond acceptors (Lipinski definition) is 5. The fraction of sp³-hybridized carbons (Fsp3) is 0.158. The molecule has 1 atom stereocenters. The van der Waals surface area contributed by atoms with Crippen molar-refractivity contribution in [2.24, 2.45) is 0 Å². The SMILES string of the molecule is COc1ccc(C(c2ccccc2)(c2ccccc2)N(C(=O)OCC2c3ccccc3-c3ccccc32)[C@@H](CS)C(=O)O)cc1. The number of carboxylic acid groups (broad SMARTS) is 1. The van der Waals surface area contributed by atoms with E-state index in [-0.39, 0.29) is 18.3 Å². The van der Waals surface area contributed by atoms with Crippen molar-refractivity contribution < 1.29 is 24.2 Å². The zero-order valence-corrected chi connectivity index (χ0v) is 25.6. The molecule has 5 aromatic rings. The Hall–Kier alpha value is -5.01. The zero-order valence-electron chi connectivity index (χ0n) is 24.7. The number of amides is 1. The minimum Gasteiger partial charge on any atom is -0.497 e. The van der Waals surface area contributed by atoms with E-state index in [9.17, 15) is 14.7 Å². The van der Waals surface area contributed by atoms with Crippen LogP contribution < -0.4 is 4.74 Å². The van der Waals surface area contributed by atoms with Gasteiger partial charge >= 0.3 is 12.1 Å². The number of rotatable bonds is 10. The van der Waals surface area contributed by atoms with E-state index in [2.05, 4.69) is 36.9 Å². The predicted octanol–water partition coefficient (Wildman–Crippen LogP) is 7.62. The van der Waals surface area contributed by atoms with Gasteiger partial charge in [0.25, 0.3) is 0 Å². The summed E-state index contributed by atoms with van der Waals surface area (Å²) in [6.45, 7) is 0.0323. The zero-order chi connectivity index (χ0) is 31.4. The molecule has 45 heavy (non-hydrogen) atoms. The lowest BCUT2D eigenvalue weighted by molar-refractivity contribution is -0.143. The molecule has 1 aliphatic carbocycles. The van der Waals surface area contributed by atoms with Crippen LogP contribution in [0.1, 0.15) is 33.7 Å². The lowest BCUT2D eigenvalue weighted by atomic mass is 9.75. The first-order valence-electron chi connectivity index (χ1n) is 14.7. The van der Waals surface area contributed by atoms with Crippen LogP contribution in [0.25, 0.3) is 11.1 Å². The minimum absolute atomic E-state index is 0.0323. The fourth-order valence-electron chi connectivity index (χ4n) is 6.54. The van der Waals surface area contributed by atoms with Crippen molar-refractivity contribution in [3.8, 4) is 16.9 Å². The number of hydrogen-bond donors (Lipinski definition) is 2. The number of carbonyl (C=O) groups is 2. The van der Waals surface area contributed by atoms with Gasteiger partial charge in [0.1, 0.15) is 23.9 Å². The molecule has 5 aromatic carbocycles. The molecule has 0 radical (unpaired) electrons. The molecule has 0 heterocycles. The van der Waals surface area contributed by atoms with Crippen LogP contribution in [0.5, 0.6) is 5.75 Å². The van der Waals surface area contributed by atoms with Crippen LogP contribution in [0.3, 0.4) is 0 Å². The summed E-state index contributed by atoms with van der Waals surface area (Å²) in [6, 6.07) is 41.1. The highest BCUT2D eigenvalue weighted by atomic mass is 32.1. The number of methoxy groups -OCH3 is 1. The van der Waals surface area contributed by atoms with Gasteiger partial charge in [-0.15, -0.1) is 0 Å². The van der Waals surface area contributed by atoms with Crippen LogP contribution in [-0.2, 0) is 15.1 Å². The largest absolute Gasteiger partial charge is 0.497 e. The molecule has 6 nitrogen and oxygen atoms in total. The van der Waals surface area contributed by atoms with E-state index < -0.39 is 23.6 Å². The lowest BCUT2D eigenvalue weighted by Crippen LogP contribution is -2.59. The average molecular weight is 616 g/mol. The van der Waals surface area contributed by atoms with Gasteiger partial charge in [-0.2, -0.15) is 12.6 Å². The number of ether oxygens (including phenoxy) is 2. The van der Waals surface area contributed by atoms with E-state index in [1.54, 1.807) is 7.11 Å². The van der Waals surface area contributed by atoms with Crippen molar-refractivity contribution in [1.82, 2.24) is 4.90 Å². The topological polar surface area (TPSA) is 76.1 Å². The molecule has 7 heteroatoms. The Morgan fingerprint density at radius 3 is 1.67 bits per heavy atom. The molecule has 0 saturated carbocycles. The molecule has 0 fully saturated rings. The summed E-state index contributed by atoms with van der Waals surface area (Å²) in [6.07, 6.45) is -0.762. The Morgan fingerprint density at radius 2 is 1.20 bits per heavy atom. The third kappa shape index (κ3) is 5.34. The molecule has 1 N–H and O–H groups in total. The van der Waals surface area contributed by atoms with E-state index in [1.165, 1.54) is 4.90 Å².